The molecule has 4 rings (SSSR count). The summed E-state index contributed by atoms with van der Waals surface area (Å²) in [6.45, 7) is 1.02. The number of fused-ring (bicyclic) bond motifs is 1. The van der Waals surface area contributed by atoms with Gasteiger partial charge in [-0.2, -0.15) is 9.61 Å². The summed E-state index contributed by atoms with van der Waals surface area (Å²) < 4.78 is 1.73. The minimum atomic E-state index is -0.122. The number of phenols is 1. The first kappa shape index (κ1) is 19.1. The molecule has 0 bridgehead atoms. The van der Waals surface area contributed by atoms with Crippen LogP contribution in [0.5, 0.6) is 5.75 Å². The highest BCUT2D eigenvalue weighted by molar-refractivity contribution is 6.36. The number of hydrogen-bond donors (Lipinski definition) is 4. The number of carbonyl (C=O) groups is 1. The number of phenolic OH excluding ortho intramolecular Hbond substituents is 1. The van der Waals surface area contributed by atoms with Gasteiger partial charge in [0, 0.05) is 37.0 Å². The van der Waals surface area contributed by atoms with Crippen LogP contribution < -0.4 is 21.4 Å². The third kappa shape index (κ3) is 4.28. The van der Waals surface area contributed by atoms with Gasteiger partial charge in [-0.25, -0.2) is 9.78 Å². The van der Waals surface area contributed by atoms with Crippen LogP contribution in [0.2, 0.25) is 0 Å². The Balaban J connectivity index is 1.45. The van der Waals surface area contributed by atoms with Crippen LogP contribution in [0.25, 0.3) is 16.9 Å². The minimum Gasteiger partial charge on any atom is -0.507 e. The Bertz CT molecular complexity index is 1020. The number of urea groups is 1. The molecule has 0 unspecified atom stereocenters. The maximum Gasteiger partial charge on any atom is 0.315 e. The maximum absolute atomic E-state index is 12.0. The van der Waals surface area contributed by atoms with E-state index in [0.717, 1.165) is 29.8 Å². The van der Waals surface area contributed by atoms with Crippen molar-refractivity contribution in [3.8, 4) is 17.0 Å². The highest BCUT2D eigenvalue weighted by atomic mass is 16.3. The van der Waals surface area contributed by atoms with E-state index in [1.165, 1.54) is 12.8 Å². The van der Waals surface area contributed by atoms with Crippen LogP contribution in [0.15, 0.2) is 36.5 Å². The molecule has 150 valence electrons. The average molecular weight is 392 g/mol. The highest BCUT2D eigenvalue weighted by Crippen LogP contribution is 2.29. The number of aromatic hydroxyl groups is 1. The summed E-state index contributed by atoms with van der Waals surface area (Å²) in [5.74, 6) is 0.928. The Hall–Kier alpha value is -3.23. The van der Waals surface area contributed by atoms with Gasteiger partial charge in [0.25, 0.3) is 0 Å². The molecule has 0 spiro atoms. The summed E-state index contributed by atoms with van der Waals surface area (Å²) in [5, 5.41) is 23.8. The van der Waals surface area contributed by atoms with Gasteiger partial charge in [-0.05, 0) is 30.4 Å². The Kier molecular flexibility index (Phi) is 5.55. The van der Waals surface area contributed by atoms with Gasteiger partial charge in [-0.3, -0.25) is 0 Å². The fraction of sp³-hybridized carbons (Fsp3) is 0.350. The van der Waals surface area contributed by atoms with Crippen molar-refractivity contribution in [1.29, 1.82) is 0 Å². The SMILES string of the molecule is Bc1cnn2c(NCCNC(=O)NC3CCCC3)cc(-c3ccccc3O)nc12. The van der Waals surface area contributed by atoms with Crippen molar-refractivity contribution in [2.45, 2.75) is 31.7 Å². The van der Waals surface area contributed by atoms with E-state index in [1.54, 1.807) is 22.8 Å². The predicted molar refractivity (Wildman–Crippen MR) is 116 cm³/mol. The number of benzene rings is 1. The highest BCUT2D eigenvalue weighted by Gasteiger charge is 2.17. The number of para-hydroxylation sites is 1. The second kappa shape index (κ2) is 8.42. The lowest BCUT2D eigenvalue weighted by molar-refractivity contribution is 0.237. The van der Waals surface area contributed by atoms with Gasteiger partial charge in [-0.1, -0.05) is 25.0 Å². The molecule has 1 saturated carbocycles. The molecule has 2 heterocycles. The van der Waals surface area contributed by atoms with Crippen molar-refractivity contribution >= 4 is 30.8 Å². The monoisotopic (exact) mass is 392 g/mol. The number of nitrogens with one attached hydrogen (secondary N) is 3. The number of nitrogens with zero attached hydrogens (tertiary/aromatic N) is 3. The van der Waals surface area contributed by atoms with Crippen molar-refractivity contribution in [1.82, 2.24) is 25.2 Å². The van der Waals surface area contributed by atoms with Gasteiger partial charge in [0.05, 0.1) is 5.69 Å². The first-order valence-electron chi connectivity index (χ1n) is 10.0. The smallest absolute Gasteiger partial charge is 0.315 e. The van der Waals surface area contributed by atoms with E-state index >= 15 is 0 Å². The van der Waals surface area contributed by atoms with Crippen molar-refractivity contribution in [2.24, 2.45) is 0 Å². The number of carbonyl (C=O) groups excluding carboxylic acids is 1. The molecule has 3 aromatic rings. The number of anilines is 1. The molecule has 2 aromatic heterocycles. The third-order valence-corrected chi connectivity index (χ3v) is 5.24. The van der Waals surface area contributed by atoms with E-state index in [2.05, 4.69) is 26.0 Å². The zero-order chi connectivity index (χ0) is 20.2. The molecular formula is C20H25BN6O2. The standard InChI is InChI=1S/C20H25BN6O2/c21-15-12-24-27-18(22-9-10-23-20(29)25-13-5-1-2-6-13)11-16(26-19(15)27)14-7-3-4-8-17(14)28/h3-4,7-8,11-13,22,28H,1-2,5-6,9-10,21H2,(H2,23,25,29). The molecule has 9 heteroatoms. The molecule has 1 aliphatic carbocycles. The first-order valence-corrected chi connectivity index (χ1v) is 10.0. The topological polar surface area (TPSA) is 104 Å². The van der Waals surface area contributed by atoms with E-state index in [0.29, 0.717) is 30.4 Å². The van der Waals surface area contributed by atoms with E-state index in [4.69, 9.17) is 0 Å². The van der Waals surface area contributed by atoms with Crippen LogP contribution in [0.1, 0.15) is 25.7 Å². The summed E-state index contributed by atoms with van der Waals surface area (Å²) in [5.41, 5.74) is 2.99. The van der Waals surface area contributed by atoms with Crippen LogP contribution in [0, 0.1) is 0 Å². The second-order valence-electron chi connectivity index (χ2n) is 7.42. The third-order valence-electron chi connectivity index (χ3n) is 5.24. The number of rotatable bonds is 6. The van der Waals surface area contributed by atoms with Crippen LogP contribution >= 0.6 is 0 Å². The van der Waals surface area contributed by atoms with Gasteiger partial charge in [-0.15, -0.1) is 0 Å². The molecule has 29 heavy (non-hydrogen) atoms. The minimum absolute atomic E-state index is 0.122. The van der Waals surface area contributed by atoms with E-state index in [9.17, 15) is 9.90 Å². The van der Waals surface area contributed by atoms with Crippen molar-refractivity contribution in [3.05, 3.63) is 36.5 Å². The van der Waals surface area contributed by atoms with Crippen LogP contribution in [-0.2, 0) is 0 Å². The molecule has 0 radical (unpaired) electrons. The fourth-order valence-corrected chi connectivity index (χ4v) is 3.70. The lowest BCUT2D eigenvalue weighted by Gasteiger charge is -2.14. The molecule has 2 amide bonds. The van der Waals surface area contributed by atoms with Crippen LogP contribution in [-0.4, -0.2) is 52.7 Å². The predicted octanol–water partition coefficient (Wildman–Crippen LogP) is 1.01. The number of hydrogen-bond acceptors (Lipinski definition) is 5. The summed E-state index contributed by atoms with van der Waals surface area (Å²) in [6.07, 6.45) is 6.26. The summed E-state index contributed by atoms with van der Waals surface area (Å²) >= 11 is 0. The summed E-state index contributed by atoms with van der Waals surface area (Å²) in [4.78, 5) is 16.7. The second-order valence-corrected chi connectivity index (χ2v) is 7.42. The first-order chi connectivity index (χ1) is 14.1. The molecular weight excluding hydrogens is 367 g/mol. The Labute approximate surface area is 170 Å². The lowest BCUT2D eigenvalue weighted by Crippen LogP contribution is -2.42. The van der Waals surface area contributed by atoms with Crippen LogP contribution in [0.3, 0.4) is 0 Å². The quantitative estimate of drug-likeness (QED) is 0.371. The van der Waals surface area contributed by atoms with Crippen molar-refractivity contribution in [2.75, 3.05) is 18.4 Å². The van der Waals surface area contributed by atoms with Gasteiger partial charge < -0.3 is 21.1 Å². The average Bonchev–Trinajstić information content (AvgIpc) is 3.35. The largest absolute Gasteiger partial charge is 0.507 e. The molecule has 1 aromatic carbocycles. The van der Waals surface area contributed by atoms with Gasteiger partial charge in [0.15, 0.2) is 5.65 Å². The normalized spacial score (nSPS) is 14.2. The fourth-order valence-electron chi connectivity index (χ4n) is 3.70. The van der Waals surface area contributed by atoms with Crippen LogP contribution in [0.4, 0.5) is 10.6 Å². The molecule has 1 aliphatic rings. The zero-order valence-corrected chi connectivity index (χ0v) is 16.5. The van der Waals surface area contributed by atoms with E-state index < -0.39 is 0 Å². The number of amides is 2. The zero-order valence-electron chi connectivity index (χ0n) is 16.5. The number of aromatic nitrogens is 3. The summed E-state index contributed by atoms with van der Waals surface area (Å²) in [7, 11) is 1.95. The van der Waals surface area contributed by atoms with Gasteiger partial charge >= 0.3 is 6.03 Å². The van der Waals surface area contributed by atoms with Crippen molar-refractivity contribution in [3.63, 3.8) is 0 Å². The Morgan fingerprint density at radius 3 is 2.83 bits per heavy atom. The Morgan fingerprint density at radius 2 is 2.03 bits per heavy atom. The lowest BCUT2D eigenvalue weighted by atomic mass is 10.0. The molecule has 8 nitrogen and oxygen atoms in total. The summed E-state index contributed by atoms with van der Waals surface area (Å²) in [6, 6.07) is 9.16. The molecule has 1 fully saturated rings. The molecule has 0 aliphatic heterocycles. The maximum atomic E-state index is 12.0. The Morgan fingerprint density at radius 1 is 1.24 bits per heavy atom. The van der Waals surface area contributed by atoms with Crippen molar-refractivity contribution < 1.29 is 9.90 Å². The molecule has 0 atom stereocenters. The molecule has 4 N–H and O–H groups in total. The van der Waals surface area contributed by atoms with Gasteiger partial charge in [0.2, 0.25) is 0 Å². The van der Waals surface area contributed by atoms with E-state index in [1.807, 2.05) is 26.0 Å². The molecule has 0 saturated heterocycles. The van der Waals surface area contributed by atoms with E-state index in [-0.39, 0.29) is 11.8 Å². The van der Waals surface area contributed by atoms with Gasteiger partial charge in [0.1, 0.15) is 19.4 Å².